The fourth-order valence-corrected chi connectivity index (χ4v) is 1.83. The number of carboxylic acid groups (broad SMARTS) is 2. The van der Waals surface area contributed by atoms with E-state index < -0.39 is 36.6 Å². The van der Waals surface area contributed by atoms with Crippen LogP contribution in [0.5, 0.6) is 0 Å². The summed E-state index contributed by atoms with van der Waals surface area (Å²) in [7, 11) is 0. The number of hydrogen-bond acceptors (Lipinski definition) is 2. The normalized spacial score (nSPS) is 28.1. The van der Waals surface area contributed by atoms with Gasteiger partial charge in [0.2, 0.25) is 0 Å². The molecule has 0 saturated heterocycles. The van der Waals surface area contributed by atoms with Crippen molar-refractivity contribution in [1.29, 1.82) is 0 Å². The molecule has 1 rings (SSSR count). The van der Waals surface area contributed by atoms with Crippen LogP contribution in [-0.2, 0) is 0 Å². The number of nitrogens with one attached hydrogen (secondary N) is 2. The molecule has 1 fully saturated rings. The Kier molecular flexibility index (Phi) is 3.51. The third kappa shape index (κ3) is 2.94. The summed E-state index contributed by atoms with van der Waals surface area (Å²) in [5.74, 6) is -3.23. The Morgan fingerprint density at radius 1 is 1.19 bits per heavy atom. The van der Waals surface area contributed by atoms with E-state index in [9.17, 15) is 18.4 Å². The summed E-state index contributed by atoms with van der Waals surface area (Å²) in [6, 6.07) is -2.81. The van der Waals surface area contributed by atoms with Crippen molar-refractivity contribution in [3.63, 3.8) is 0 Å². The lowest BCUT2D eigenvalue weighted by molar-refractivity contribution is -0.0717. The van der Waals surface area contributed by atoms with E-state index >= 15 is 0 Å². The number of carbonyl (C=O) groups is 2. The van der Waals surface area contributed by atoms with E-state index in [1.165, 1.54) is 0 Å². The Labute approximate surface area is 89.6 Å². The van der Waals surface area contributed by atoms with Gasteiger partial charge in [-0.25, -0.2) is 18.4 Å². The highest BCUT2D eigenvalue weighted by atomic mass is 19.3. The second kappa shape index (κ2) is 4.50. The lowest BCUT2D eigenvalue weighted by atomic mass is 9.87. The molecule has 0 aromatic heterocycles. The first-order valence-electron chi connectivity index (χ1n) is 4.69. The highest BCUT2D eigenvalue weighted by Crippen LogP contribution is 2.33. The minimum atomic E-state index is -3.23. The van der Waals surface area contributed by atoms with Crippen LogP contribution < -0.4 is 10.6 Å². The van der Waals surface area contributed by atoms with Gasteiger partial charge in [0, 0.05) is 6.42 Å². The monoisotopic (exact) mass is 238 g/mol. The Morgan fingerprint density at radius 3 is 2.25 bits per heavy atom. The Balaban J connectivity index is 2.79. The maximum Gasteiger partial charge on any atom is 0.405 e. The molecule has 0 unspecified atom stereocenters. The van der Waals surface area contributed by atoms with Crippen molar-refractivity contribution >= 4 is 12.2 Å². The van der Waals surface area contributed by atoms with Crippen molar-refractivity contribution < 1.29 is 28.6 Å². The molecule has 2 atom stereocenters. The molecular formula is C8H12F2N2O4. The summed E-state index contributed by atoms with van der Waals surface area (Å²) >= 11 is 0. The SMILES string of the molecule is O=C(O)N[C@H]1CCCC(F)(F)[C@H]1NC(=O)O. The van der Waals surface area contributed by atoms with Crippen molar-refractivity contribution in [3.05, 3.63) is 0 Å². The fourth-order valence-electron chi connectivity index (χ4n) is 1.83. The molecule has 0 spiro atoms. The molecule has 0 aromatic carbocycles. The zero-order chi connectivity index (χ0) is 12.3. The Bertz CT molecular complexity index is 298. The van der Waals surface area contributed by atoms with Crippen LogP contribution in [0.25, 0.3) is 0 Å². The summed E-state index contributed by atoms with van der Waals surface area (Å²) in [5.41, 5.74) is 0. The maximum absolute atomic E-state index is 13.4. The molecule has 0 aromatic rings. The van der Waals surface area contributed by atoms with Crippen molar-refractivity contribution in [2.75, 3.05) is 0 Å². The van der Waals surface area contributed by atoms with E-state index in [1.54, 1.807) is 5.32 Å². The van der Waals surface area contributed by atoms with Crippen molar-refractivity contribution in [2.45, 2.75) is 37.3 Å². The van der Waals surface area contributed by atoms with E-state index in [2.05, 4.69) is 0 Å². The minimum Gasteiger partial charge on any atom is -0.465 e. The first-order valence-corrected chi connectivity index (χ1v) is 4.69. The molecule has 6 nitrogen and oxygen atoms in total. The first kappa shape index (κ1) is 12.5. The van der Waals surface area contributed by atoms with Gasteiger partial charge in [0.25, 0.3) is 5.92 Å². The van der Waals surface area contributed by atoms with Crippen molar-refractivity contribution in [3.8, 4) is 0 Å². The predicted molar refractivity (Wildman–Crippen MR) is 48.7 cm³/mol. The standard InChI is InChI=1S/C8H12F2N2O4/c9-8(10)3-1-2-4(11-6(13)14)5(8)12-7(15)16/h4-5,11-12H,1-3H2,(H,13,14)(H,15,16)/t4-,5-/m0/s1. The van der Waals surface area contributed by atoms with Gasteiger partial charge >= 0.3 is 12.2 Å². The maximum atomic E-state index is 13.4. The van der Waals surface area contributed by atoms with Crippen molar-refractivity contribution in [1.82, 2.24) is 10.6 Å². The van der Waals surface area contributed by atoms with Crippen molar-refractivity contribution in [2.24, 2.45) is 0 Å². The molecule has 2 amide bonds. The van der Waals surface area contributed by atoms with Crippen LogP contribution in [0.3, 0.4) is 0 Å². The molecule has 0 bridgehead atoms. The van der Waals surface area contributed by atoms with Gasteiger partial charge in [-0.3, -0.25) is 0 Å². The molecule has 1 aliphatic carbocycles. The molecule has 4 N–H and O–H groups in total. The van der Waals surface area contributed by atoms with E-state index in [4.69, 9.17) is 10.2 Å². The van der Waals surface area contributed by atoms with Crippen LogP contribution in [-0.4, -0.2) is 40.4 Å². The molecule has 1 aliphatic rings. The fraction of sp³-hybridized carbons (Fsp3) is 0.750. The second-order valence-electron chi connectivity index (χ2n) is 3.64. The van der Waals surface area contributed by atoms with Gasteiger partial charge < -0.3 is 20.8 Å². The number of alkyl halides is 2. The lowest BCUT2D eigenvalue weighted by Crippen LogP contribution is -2.61. The van der Waals surface area contributed by atoms with Gasteiger partial charge in [0.1, 0.15) is 6.04 Å². The number of hydrogen-bond donors (Lipinski definition) is 4. The summed E-state index contributed by atoms with van der Waals surface area (Å²) in [5, 5.41) is 20.5. The predicted octanol–water partition coefficient (Wildman–Crippen LogP) is 1.08. The van der Waals surface area contributed by atoms with Crippen LogP contribution in [0.1, 0.15) is 19.3 Å². The van der Waals surface area contributed by atoms with Gasteiger partial charge in [-0.1, -0.05) is 0 Å². The molecule has 1 saturated carbocycles. The van der Waals surface area contributed by atoms with Crippen LogP contribution in [0.15, 0.2) is 0 Å². The van der Waals surface area contributed by atoms with Gasteiger partial charge in [-0.15, -0.1) is 0 Å². The smallest absolute Gasteiger partial charge is 0.405 e. The lowest BCUT2D eigenvalue weighted by Gasteiger charge is -2.37. The van der Waals surface area contributed by atoms with Gasteiger partial charge in [0.05, 0.1) is 6.04 Å². The van der Waals surface area contributed by atoms with E-state index in [-0.39, 0.29) is 12.8 Å². The summed E-state index contributed by atoms with van der Waals surface area (Å²) in [6.07, 6.45) is -3.15. The quantitative estimate of drug-likeness (QED) is 0.578. The molecule has 0 heterocycles. The number of amides is 2. The number of halogens is 2. The highest BCUT2D eigenvalue weighted by Gasteiger charge is 2.48. The first-order chi connectivity index (χ1) is 7.33. The largest absolute Gasteiger partial charge is 0.465 e. The van der Waals surface area contributed by atoms with Crippen LogP contribution in [0.2, 0.25) is 0 Å². The molecule has 92 valence electrons. The van der Waals surface area contributed by atoms with Gasteiger partial charge in [-0.2, -0.15) is 0 Å². The second-order valence-corrected chi connectivity index (χ2v) is 3.64. The highest BCUT2D eigenvalue weighted by molar-refractivity contribution is 5.67. The number of rotatable bonds is 2. The summed E-state index contributed by atoms with van der Waals surface area (Å²) in [6.45, 7) is 0. The Hall–Kier alpha value is -1.60. The van der Waals surface area contributed by atoms with Crippen LogP contribution >= 0.6 is 0 Å². The summed E-state index contributed by atoms with van der Waals surface area (Å²) in [4.78, 5) is 20.7. The minimum absolute atomic E-state index is 0.149. The average molecular weight is 238 g/mol. The molecule has 0 radical (unpaired) electrons. The zero-order valence-electron chi connectivity index (χ0n) is 8.24. The van der Waals surface area contributed by atoms with Gasteiger partial charge in [-0.05, 0) is 12.8 Å². The topological polar surface area (TPSA) is 98.7 Å². The summed E-state index contributed by atoms with van der Waals surface area (Å²) < 4.78 is 26.7. The van der Waals surface area contributed by atoms with Crippen LogP contribution in [0.4, 0.5) is 18.4 Å². The molecule has 16 heavy (non-hydrogen) atoms. The van der Waals surface area contributed by atoms with E-state index in [1.807, 2.05) is 5.32 Å². The average Bonchev–Trinajstić information content (AvgIpc) is 2.09. The van der Waals surface area contributed by atoms with E-state index in [0.29, 0.717) is 0 Å². The third-order valence-corrected chi connectivity index (χ3v) is 2.47. The molecule has 0 aliphatic heterocycles. The van der Waals surface area contributed by atoms with E-state index in [0.717, 1.165) is 0 Å². The third-order valence-electron chi connectivity index (χ3n) is 2.47. The molecule has 8 heteroatoms. The molecular weight excluding hydrogens is 226 g/mol. The zero-order valence-corrected chi connectivity index (χ0v) is 8.24. The van der Waals surface area contributed by atoms with Gasteiger partial charge in [0.15, 0.2) is 0 Å². The van der Waals surface area contributed by atoms with Crippen LogP contribution in [0, 0.1) is 0 Å². The Morgan fingerprint density at radius 2 is 1.75 bits per heavy atom.